The van der Waals surface area contributed by atoms with Crippen molar-refractivity contribution in [2.75, 3.05) is 0 Å². The summed E-state index contributed by atoms with van der Waals surface area (Å²) in [5, 5.41) is 0. The van der Waals surface area contributed by atoms with Gasteiger partial charge in [0.1, 0.15) is 0 Å². The van der Waals surface area contributed by atoms with E-state index in [1.165, 1.54) is 42.0 Å². The van der Waals surface area contributed by atoms with E-state index in [2.05, 4.69) is 20.5 Å². The fourth-order valence-electron chi connectivity index (χ4n) is 1.01. The van der Waals surface area contributed by atoms with Gasteiger partial charge in [-0.15, -0.1) is 0 Å². The van der Waals surface area contributed by atoms with Crippen LogP contribution in [0.5, 0.6) is 0 Å². The number of rotatable bonds is 0. The molecule has 0 amide bonds. The van der Waals surface area contributed by atoms with Gasteiger partial charge in [0.2, 0.25) is 0 Å². The molecule has 0 saturated heterocycles. The Morgan fingerprint density at radius 1 is 1.25 bits per heavy atom. The van der Waals surface area contributed by atoms with Gasteiger partial charge in [0.15, 0.2) is 0 Å². The minimum absolute atomic E-state index is 0.796. The van der Waals surface area contributed by atoms with Crippen molar-refractivity contribution in [1.29, 1.82) is 0 Å². The van der Waals surface area contributed by atoms with Gasteiger partial charge in [-0.25, -0.2) is 0 Å². The molecule has 0 nitrogen and oxygen atoms in total. The van der Waals surface area contributed by atoms with Gasteiger partial charge in [0.05, 0.1) is 0 Å². The van der Waals surface area contributed by atoms with Crippen LogP contribution in [0.15, 0.2) is 0 Å². The van der Waals surface area contributed by atoms with Crippen LogP contribution >= 0.6 is 13.6 Å². The zero-order valence-corrected chi connectivity index (χ0v) is 9.75. The first-order valence-corrected chi connectivity index (χ1v) is 9.94. The third kappa shape index (κ3) is 4.03. The van der Waals surface area contributed by atoms with Crippen LogP contribution in [-0.4, -0.2) is 0 Å². The standard InChI is InChI=1S/C6H11.BrH.Zn/c1-6-4-2-3-5-6;;/h6H,1-5H2;1H;/q-1;;+2/p-1. The summed E-state index contributed by atoms with van der Waals surface area (Å²) in [7, 11) is 0. The molecule has 0 aromatic heterocycles. The number of halogens is 1. The molecule has 0 unspecified atom stereocenters. The van der Waals surface area contributed by atoms with E-state index in [9.17, 15) is 0 Å². The van der Waals surface area contributed by atoms with Crippen LogP contribution in [0.3, 0.4) is 0 Å². The summed E-state index contributed by atoms with van der Waals surface area (Å²) in [6.07, 6.45) is 5.60. The van der Waals surface area contributed by atoms with Gasteiger partial charge in [-0.05, 0) is 0 Å². The maximum absolute atomic E-state index is 3.94. The van der Waals surface area contributed by atoms with E-state index in [0.717, 1.165) is 5.92 Å². The molecule has 0 atom stereocenters. The van der Waals surface area contributed by atoms with Gasteiger partial charge < -0.3 is 6.92 Å². The molecule has 0 aromatic carbocycles. The van der Waals surface area contributed by atoms with Gasteiger partial charge >= 0.3 is 30.0 Å². The second-order valence-electron chi connectivity index (χ2n) is 2.15. The van der Waals surface area contributed by atoms with Crippen molar-refractivity contribution in [2.45, 2.75) is 25.7 Å². The summed E-state index contributed by atoms with van der Waals surface area (Å²) in [5.41, 5.74) is 0. The molecular formula is C6H11BrZn. The van der Waals surface area contributed by atoms with Gasteiger partial charge in [-0.2, -0.15) is 5.92 Å². The summed E-state index contributed by atoms with van der Waals surface area (Å²) in [6, 6.07) is 0. The van der Waals surface area contributed by atoms with E-state index < -0.39 is 0 Å². The fourth-order valence-corrected chi connectivity index (χ4v) is 1.01. The van der Waals surface area contributed by atoms with E-state index in [1.807, 2.05) is 0 Å². The van der Waals surface area contributed by atoms with E-state index >= 15 is 0 Å². The first kappa shape index (κ1) is 9.10. The van der Waals surface area contributed by atoms with E-state index in [0.29, 0.717) is 0 Å². The van der Waals surface area contributed by atoms with Gasteiger partial charge in [0, 0.05) is 0 Å². The molecule has 1 aliphatic rings. The van der Waals surface area contributed by atoms with Crippen LogP contribution in [-0.2, 0) is 16.3 Å². The van der Waals surface area contributed by atoms with Crippen LogP contribution in [0.1, 0.15) is 25.7 Å². The number of hydrogen-bond donors (Lipinski definition) is 0. The Balaban J connectivity index is 0.000000222. The Bertz CT molecular complexity index is 41.8. The summed E-state index contributed by atoms with van der Waals surface area (Å²) in [4.78, 5) is 0. The molecule has 0 radical (unpaired) electrons. The second-order valence-corrected chi connectivity index (χ2v) is 2.15. The van der Waals surface area contributed by atoms with Crippen LogP contribution < -0.4 is 0 Å². The molecular weight excluding hydrogens is 217 g/mol. The average molecular weight is 228 g/mol. The average Bonchev–Trinajstić information content (AvgIpc) is 2.24. The van der Waals surface area contributed by atoms with Crippen LogP contribution in [0, 0.1) is 12.8 Å². The zero-order chi connectivity index (χ0) is 6.41. The van der Waals surface area contributed by atoms with Gasteiger partial charge in [0.25, 0.3) is 0 Å². The molecule has 0 N–H and O–H groups in total. The van der Waals surface area contributed by atoms with Crippen molar-refractivity contribution in [3.8, 4) is 0 Å². The molecule has 44 valence electrons. The number of hydrogen-bond acceptors (Lipinski definition) is 0. The van der Waals surface area contributed by atoms with Crippen LogP contribution in [0.2, 0.25) is 0 Å². The zero-order valence-electron chi connectivity index (χ0n) is 5.20. The summed E-state index contributed by atoms with van der Waals surface area (Å²) < 4.78 is 0. The Kier molecular flexibility index (Phi) is 7.09. The van der Waals surface area contributed by atoms with Crippen molar-refractivity contribution in [3.05, 3.63) is 6.92 Å². The molecule has 8 heavy (non-hydrogen) atoms. The fraction of sp³-hybridized carbons (Fsp3) is 0.833. The topological polar surface area (TPSA) is 0 Å². The Morgan fingerprint density at radius 3 is 1.75 bits per heavy atom. The van der Waals surface area contributed by atoms with Crippen molar-refractivity contribution in [1.82, 2.24) is 0 Å². The molecule has 0 aromatic rings. The maximum atomic E-state index is 3.94. The second kappa shape index (κ2) is 6.23. The Morgan fingerprint density at radius 2 is 1.62 bits per heavy atom. The summed E-state index contributed by atoms with van der Waals surface area (Å²) in [6.45, 7) is 3.94. The summed E-state index contributed by atoms with van der Waals surface area (Å²) in [5.74, 6) is 0.796. The Hall–Kier alpha value is 1.10. The molecule has 0 heterocycles. The predicted octanol–water partition coefficient (Wildman–Crippen LogP) is 2.85. The molecule has 0 aliphatic heterocycles. The van der Waals surface area contributed by atoms with Crippen LogP contribution in [0.25, 0.3) is 0 Å². The summed E-state index contributed by atoms with van der Waals surface area (Å²) >= 11 is 4.25. The first-order valence-electron chi connectivity index (χ1n) is 2.99. The van der Waals surface area contributed by atoms with E-state index in [-0.39, 0.29) is 0 Å². The van der Waals surface area contributed by atoms with Gasteiger partial charge in [-0.1, -0.05) is 25.7 Å². The Labute approximate surface area is 68.5 Å². The normalized spacial score (nSPS) is 20.0. The minimum atomic E-state index is 0.796. The van der Waals surface area contributed by atoms with Crippen molar-refractivity contribution in [3.63, 3.8) is 0 Å². The molecule has 2 heteroatoms. The molecule has 1 fully saturated rings. The van der Waals surface area contributed by atoms with Crippen molar-refractivity contribution < 1.29 is 16.3 Å². The molecule has 1 aliphatic carbocycles. The molecule has 0 spiro atoms. The monoisotopic (exact) mass is 226 g/mol. The predicted molar refractivity (Wildman–Crippen MR) is 36.2 cm³/mol. The van der Waals surface area contributed by atoms with Crippen molar-refractivity contribution in [2.24, 2.45) is 5.92 Å². The SMILES string of the molecule is [CH2-]C1CCCC1.[Zn+][Br]. The van der Waals surface area contributed by atoms with E-state index in [4.69, 9.17) is 0 Å². The molecule has 1 saturated carbocycles. The quantitative estimate of drug-likeness (QED) is 0.442. The van der Waals surface area contributed by atoms with Gasteiger partial charge in [-0.3, -0.25) is 0 Å². The molecule has 0 bridgehead atoms. The van der Waals surface area contributed by atoms with Crippen molar-refractivity contribution >= 4 is 13.6 Å². The first-order chi connectivity index (χ1) is 3.89. The van der Waals surface area contributed by atoms with Crippen LogP contribution in [0.4, 0.5) is 0 Å². The third-order valence-electron chi connectivity index (χ3n) is 1.47. The third-order valence-corrected chi connectivity index (χ3v) is 1.47. The van der Waals surface area contributed by atoms with E-state index in [1.54, 1.807) is 0 Å². The molecule has 1 rings (SSSR count).